The minimum Gasteiger partial charge on any atom is -0.481 e. The molecule has 0 fully saturated rings. The van der Waals surface area contributed by atoms with Crippen LogP contribution in [0.5, 0.6) is 0 Å². The molecule has 0 saturated carbocycles. The summed E-state index contributed by atoms with van der Waals surface area (Å²) < 4.78 is 26.7. The second kappa shape index (κ2) is 9.15. The van der Waals surface area contributed by atoms with Crippen LogP contribution in [0.3, 0.4) is 0 Å². The quantitative estimate of drug-likeness (QED) is 0.241. The zero-order chi connectivity index (χ0) is 22.5. The fourth-order valence-electron chi connectivity index (χ4n) is 2.35. The second-order valence-electron chi connectivity index (χ2n) is 6.08. The lowest BCUT2D eigenvalue weighted by Gasteiger charge is -2.13. The summed E-state index contributed by atoms with van der Waals surface area (Å²) >= 11 is 0. The van der Waals surface area contributed by atoms with E-state index in [1.165, 1.54) is 36.4 Å². The molecule has 0 bridgehead atoms. The third kappa shape index (κ3) is 5.86. The smallest absolute Gasteiger partial charge is 0.322 e. The van der Waals surface area contributed by atoms with E-state index in [0.29, 0.717) is 11.3 Å². The van der Waals surface area contributed by atoms with Crippen LogP contribution < -0.4 is 15.8 Å². The van der Waals surface area contributed by atoms with Crippen molar-refractivity contribution < 1.29 is 33.0 Å². The number of rotatable bonds is 9. The number of sulfonamides is 1. The number of aliphatic carboxylic acids is 2. The molecule has 12 heteroatoms. The third-order valence-corrected chi connectivity index (χ3v) is 5.30. The van der Waals surface area contributed by atoms with Gasteiger partial charge in [-0.3, -0.25) is 19.8 Å². The van der Waals surface area contributed by atoms with Crippen molar-refractivity contribution in [3.63, 3.8) is 0 Å². The number of amidine groups is 1. The van der Waals surface area contributed by atoms with E-state index in [1.807, 2.05) is 0 Å². The summed E-state index contributed by atoms with van der Waals surface area (Å²) in [4.78, 5) is 33.9. The first kappa shape index (κ1) is 22.5. The zero-order valence-electron chi connectivity index (χ0n) is 15.3. The van der Waals surface area contributed by atoms with Crippen LogP contribution in [0, 0.1) is 5.41 Å². The Hall–Kier alpha value is -3.77. The first-order valence-electron chi connectivity index (χ1n) is 8.32. The summed E-state index contributed by atoms with van der Waals surface area (Å²) in [5, 5.41) is 27.6. The molecule has 0 aliphatic heterocycles. The van der Waals surface area contributed by atoms with Crippen molar-refractivity contribution >= 4 is 39.4 Å². The average Bonchev–Trinajstić information content (AvgIpc) is 2.67. The molecular weight excluding hydrogens is 416 g/mol. The van der Waals surface area contributed by atoms with Crippen LogP contribution in [-0.4, -0.2) is 48.4 Å². The molecule has 1 atom stereocenters. The zero-order valence-corrected chi connectivity index (χ0v) is 16.1. The molecule has 1 amide bonds. The van der Waals surface area contributed by atoms with E-state index in [1.54, 1.807) is 4.72 Å². The van der Waals surface area contributed by atoms with Gasteiger partial charge in [0.05, 0.1) is 11.3 Å². The van der Waals surface area contributed by atoms with Gasteiger partial charge in [0.25, 0.3) is 5.91 Å². The lowest BCUT2D eigenvalue weighted by Crippen LogP contribution is -2.42. The Bertz CT molecular complexity index is 1100. The van der Waals surface area contributed by atoms with E-state index < -0.39 is 45.2 Å². The van der Waals surface area contributed by atoms with E-state index in [9.17, 15) is 22.8 Å². The molecular formula is C18H18N4O7S. The molecule has 2 aromatic rings. The molecule has 30 heavy (non-hydrogen) atoms. The fourth-order valence-corrected chi connectivity index (χ4v) is 3.58. The minimum atomic E-state index is -4.41. The average molecular weight is 434 g/mol. The van der Waals surface area contributed by atoms with Gasteiger partial charge < -0.3 is 21.3 Å². The molecule has 0 aromatic heterocycles. The number of hydrogen-bond donors (Lipinski definition) is 6. The highest BCUT2D eigenvalue weighted by molar-refractivity contribution is 7.89. The van der Waals surface area contributed by atoms with Gasteiger partial charge in [0.2, 0.25) is 10.0 Å². The van der Waals surface area contributed by atoms with Gasteiger partial charge in [-0.2, -0.15) is 4.72 Å². The van der Waals surface area contributed by atoms with E-state index in [4.69, 9.17) is 21.4 Å². The van der Waals surface area contributed by atoms with Crippen molar-refractivity contribution in [2.24, 2.45) is 5.73 Å². The van der Waals surface area contributed by atoms with Gasteiger partial charge in [0.1, 0.15) is 11.9 Å². The normalized spacial score (nSPS) is 12.0. The highest BCUT2D eigenvalue weighted by Crippen LogP contribution is 2.15. The highest BCUT2D eigenvalue weighted by Gasteiger charge is 2.28. The number of nitrogens with two attached hydrogens (primary N) is 1. The van der Waals surface area contributed by atoms with Gasteiger partial charge in [-0.1, -0.05) is 6.07 Å². The lowest BCUT2D eigenvalue weighted by molar-refractivity contribution is -0.145. The topological polar surface area (TPSA) is 200 Å². The Morgan fingerprint density at radius 3 is 2.20 bits per heavy atom. The van der Waals surface area contributed by atoms with Crippen LogP contribution in [0.4, 0.5) is 5.69 Å². The number of carbonyl (C=O) groups excluding carboxylic acids is 1. The van der Waals surface area contributed by atoms with Crippen molar-refractivity contribution in [2.75, 3.05) is 5.32 Å². The van der Waals surface area contributed by atoms with Gasteiger partial charge in [0, 0.05) is 16.8 Å². The van der Waals surface area contributed by atoms with Crippen molar-refractivity contribution in [2.45, 2.75) is 17.4 Å². The van der Waals surface area contributed by atoms with Crippen LogP contribution in [0.25, 0.3) is 0 Å². The number of carboxylic acids is 2. The summed E-state index contributed by atoms with van der Waals surface area (Å²) in [7, 11) is -4.41. The summed E-state index contributed by atoms with van der Waals surface area (Å²) in [6.45, 7) is 0. The van der Waals surface area contributed by atoms with Crippen LogP contribution in [-0.2, 0) is 19.6 Å². The van der Waals surface area contributed by atoms with Crippen molar-refractivity contribution in [1.29, 1.82) is 5.41 Å². The maximum atomic E-state index is 12.4. The van der Waals surface area contributed by atoms with Crippen molar-refractivity contribution in [3.8, 4) is 0 Å². The number of benzene rings is 2. The minimum absolute atomic E-state index is 0.0290. The van der Waals surface area contributed by atoms with Crippen LogP contribution >= 0.6 is 0 Å². The first-order valence-corrected chi connectivity index (χ1v) is 9.80. The molecule has 11 nitrogen and oxygen atoms in total. The number of hydrogen-bond acceptors (Lipinski definition) is 6. The van der Waals surface area contributed by atoms with Crippen LogP contribution in [0.2, 0.25) is 0 Å². The molecule has 2 aromatic carbocycles. The number of nitrogen functional groups attached to an aromatic ring is 1. The lowest BCUT2D eigenvalue weighted by atomic mass is 10.1. The summed E-state index contributed by atoms with van der Waals surface area (Å²) in [6, 6.07) is 9.01. The van der Waals surface area contributed by atoms with E-state index >= 15 is 0 Å². The van der Waals surface area contributed by atoms with E-state index in [-0.39, 0.29) is 11.4 Å². The Balaban J connectivity index is 2.21. The van der Waals surface area contributed by atoms with Crippen molar-refractivity contribution in [3.05, 3.63) is 59.7 Å². The van der Waals surface area contributed by atoms with Crippen molar-refractivity contribution in [1.82, 2.24) is 4.72 Å². The number of nitrogens with one attached hydrogen (secondary N) is 3. The van der Waals surface area contributed by atoms with Crippen LogP contribution in [0.1, 0.15) is 22.3 Å². The molecule has 2 rings (SSSR count). The van der Waals surface area contributed by atoms with Gasteiger partial charge in [-0.05, 0) is 42.5 Å². The molecule has 1 unspecified atom stereocenters. The maximum Gasteiger partial charge on any atom is 0.322 e. The molecule has 7 N–H and O–H groups in total. The standard InChI is InChI=1S/C18H18N4O7S/c19-16(20)10-4-6-12(7-5-10)21-17(25)11-2-1-3-13(8-11)30(28,29)22-14(18(26)27)9-15(23)24/h1-8,14,22H,9H2,(H3,19,20)(H,21,25)(H,23,24)(H,26,27). The Labute approximate surface area is 171 Å². The van der Waals surface area contributed by atoms with Gasteiger partial charge in [0.15, 0.2) is 0 Å². The Morgan fingerprint density at radius 2 is 1.67 bits per heavy atom. The highest BCUT2D eigenvalue weighted by atomic mass is 32.2. The number of anilines is 1. The molecule has 158 valence electrons. The second-order valence-corrected chi connectivity index (χ2v) is 7.80. The molecule has 0 heterocycles. The SMILES string of the molecule is N=C(N)c1ccc(NC(=O)c2cccc(S(=O)(=O)NC(CC(=O)O)C(=O)O)c2)cc1. The monoisotopic (exact) mass is 434 g/mol. The molecule has 0 aliphatic carbocycles. The fraction of sp³-hybridized carbons (Fsp3) is 0.111. The summed E-state index contributed by atoms with van der Waals surface area (Å²) in [5.41, 5.74) is 6.17. The Morgan fingerprint density at radius 1 is 1.03 bits per heavy atom. The Kier molecular flexibility index (Phi) is 6.87. The number of carboxylic acid groups (broad SMARTS) is 2. The van der Waals surface area contributed by atoms with E-state index in [0.717, 1.165) is 12.1 Å². The predicted molar refractivity (Wildman–Crippen MR) is 106 cm³/mol. The van der Waals surface area contributed by atoms with Gasteiger partial charge in [-0.25, -0.2) is 8.42 Å². The molecule has 0 saturated heterocycles. The molecule has 0 spiro atoms. The summed E-state index contributed by atoms with van der Waals surface area (Å²) in [6.07, 6.45) is -0.953. The number of amides is 1. The van der Waals surface area contributed by atoms with Crippen LogP contribution in [0.15, 0.2) is 53.4 Å². The largest absolute Gasteiger partial charge is 0.481 e. The summed E-state index contributed by atoms with van der Waals surface area (Å²) in [5.74, 6) is -3.92. The maximum absolute atomic E-state index is 12.4. The molecule has 0 aliphatic rings. The first-order chi connectivity index (χ1) is 14.0. The molecule has 0 radical (unpaired) electrons. The van der Waals surface area contributed by atoms with E-state index in [2.05, 4.69) is 5.32 Å². The van der Waals surface area contributed by atoms with Gasteiger partial charge in [-0.15, -0.1) is 0 Å². The third-order valence-electron chi connectivity index (χ3n) is 3.83. The van der Waals surface area contributed by atoms with Gasteiger partial charge >= 0.3 is 11.9 Å². The predicted octanol–water partition coefficient (Wildman–Crippen LogP) is 0.429. The number of carbonyl (C=O) groups is 3.